The molecule has 0 saturated heterocycles. The van der Waals surface area contributed by atoms with Crippen LogP contribution in [0.2, 0.25) is 0 Å². The minimum absolute atomic E-state index is 0.388. The fourth-order valence-electron chi connectivity index (χ4n) is 11.0. The molecule has 0 unspecified atom stereocenters. The summed E-state index contributed by atoms with van der Waals surface area (Å²) >= 11 is 0. The fraction of sp³-hybridized carbons (Fsp3) is 0.0909. The van der Waals surface area contributed by atoms with Crippen molar-refractivity contribution in [2.45, 2.75) is 39.5 Å². The predicted octanol–water partition coefficient (Wildman–Crippen LogP) is 18.2. The largest absolute Gasteiger partial charge is 0.353 e. The monoisotopic (exact) mass is 898 g/mol. The summed E-state index contributed by atoms with van der Waals surface area (Å²) in [5.74, 6) is 0.776. The van der Waals surface area contributed by atoms with Gasteiger partial charge in [0.15, 0.2) is 0 Å². The smallest absolute Gasteiger partial charge is 0.0816 e. The zero-order valence-electron chi connectivity index (χ0n) is 39.7. The van der Waals surface area contributed by atoms with Gasteiger partial charge in [0.25, 0.3) is 0 Å². The summed E-state index contributed by atoms with van der Waals surface area (Å²) in [4.78, 5) is 20.3. The van der Waals surface area contributed by atoms with E-state index >= 15 is 0 Å². The van der Waals surface area contributed by atoms with Gasteiger partial charge in [-0.05, 0) is 45.2 Å². The number of nitrogens with zero attached hydrogens (tertiary/aromatic N) is 2. The molecule has 0 atom stereocenters. The molecule has 70 heavy (non-hydrogen) atoms. The first-order chi connectivity index (χ1) is 34.4. The van der Waals surface area contributed by atoms with E-state index in [4.69, 9.17) is 9.97 Å². The maximum absolute atomic E-state index is 5.97. The van der Waals surface area contributed by atoms with Gasteiger partial charge in [0.1, 0.15) is 0 Å². The number of nitrogens with one attached hydrogen (secondary N) is 2. The lowest BCUT2D eigenvalue weighted by atomic mass is 9.92. The Morgan fingerprint density at radius 2 is 0.514 bits per heavy atom. The summed E-state index contributed by atoms with van der Waals surface area (Å²) in [6.45, 7) is 9.02. The highest BCUT2D eigenvalue weighted by molar-refractivity contribution is 6.21. The van der Waals surface area contributed by atoms with Crippen LogP contribution < -0.4 is 0 Å². The molecule has 0 radical (unpaired) electrons. The van der Waals surface area contributed by atoms with Crippen molar-refractivity contribution in [3.8, 4) is 89.5 Å². The maximum Gasteiger partial charge on any atom is 0.0816 e. The van der Waals surface area contributed by atoms with Crippen LogP contribution in [0.15, 0.2) is 206 Å². The van der Waals surface area contributed by atoms with Crippen molar-refractivity contribution in [2.24, 2.45) is 0 Å². The molecule has 0 spiro atoms. The second-order valence-corrected chi connectivity index (χ2v) is 19.3. The molecule has 10 aromatic rings. The number of aromatic amines is 2. The van der Waals surface area contributed by atoms with E-state index in [1.54, 1.807) is 0 Å². The number of hydrogen-bond donors (Lipinski definition) is 2. The maximum atomic E-state index is 5.97. The summed E-state index contributed by atoms with van der Waals surface area (Å²) in [5, 5.41) is 4.47. The molecule has 3 aliphatic rings. The van der Waals surface area contributed by atoms with E-state index in [1.165, 1.54) is 11.1 Å². The Morgan fingerprint density at radius 1 is 0.271 bits per heavy atom. The molecule has 2 aliphatic heterocycles. The molecule has 334 valence electrons. The Bertz CT molecular complexity index is 3760. The Balaban J connectivity index is 1.35. The lowest BCUT2D eigenvalue weighted by molar-refractivity contribution is 0.867. The van der Waals surface area contributed by atoms with Crippen molar-refractivity contribution < 1.29 is 0 Å². The van der Waals surface area contributed by atoms with Crippen molar-refractivity contribution in [1.29, 1.82) is 0 Å². The number of benzene rings is 8. The lowest BCUT2D eigenvalue weighted by Crippen LogP contribution is -1.90. The van der Waals surface area contributed by atoms with Crippen LogP contribution in [-0.4, -0.2) is 19.9 Å². The Kier molecular flexibility index (Phi) is 9.84. The summed E-state index contributed by atoms with van der Waals surface area (Å²) in [5.41, 5.74) is 23.2. The van der Waals surface area contributed by atoms with Crippen LogP contribution in [0.5, 0.6) is 0 Å². The van der Waals surface area contributed by atoms with Gasteiger partial charge in [-0.2, -0.15) is 0 Å². The van der Waals surface area contributed by atoms with Crippen molar-refractivity contribution in [3.05, 3.63) is 217 Å². The van der Waals surface area contributed by atoms with Gasteiger partial charge in [0, 0.05) is 66.1 Å². The molecule has 4 heterocycles. The van der Waals surface area contributed by atoms with Crippen LogP contribution in [0.25, 0.3) is 133 Å². The normalized spacial score (nSPS) is 12.0. The third kappa shape index (κ3) is 6.58. The topological polar surface area (TPSA) is 57.4 Å². The fourth-order valence-corrected chi connectivity index (χ4v) is 11.0. The first-order valence-electron chi connectivity index (χ1n) is 24.6. The van der Waals surface area contributed by atoms with Gasteiger partial charge in [-0.25, -0.2) is 9.97 Å². The van der Waals surface area contributed by atoms with E-state index in [1.807, 2.05) is 0 Å². The van der Waals surface area contributed by atoms with Gasteiger partial charge in [-0.3, -0.25) is 0 Å². The van der Waals surface area contributed by atoms with Gasteiger partial charge < -0.3 is 9.97 Å². The van der Waals surface area contributed by atoms with Crippen LogP contribution in [0.1, 0.15) is 50.7 Å². The number of aromatic nitrogens is 4. The van der Waals surface area contributed by atoms with Gasteiger partial charge in [-0.15, -0.1) is 0 Å². The number of hydrogen-bond acceptors (Lipinski definition) is 2. The zero-order valence-corrected chi connectivity index (χ0v) is 39.7. The molecule has 0 saturated carbocycles. The van der Waals surface area contributed by atoms with Gasteiger partial charge in [0.2, 0.25) is 0 Å². The lowest BCUT2D eigenvalue weighted by Gasteiger charge is -2.10. The molecule has 8 aromatic carbocycles. The van der Waals surface area contributed by atoms with Crippen molar-refractivity contribution in [3.63, 3.8) is 0 Å². The highest BCUT2D eigenvalue weighted by Gasteiger charge is 2.30. The molecule has 13 rings (SSSR count). The summed E-state index contributed by atoms with van der Waals surface area (Å²) in [7, 11) is 0. The molecule has 0 fully saturated rings. The first kappa shape index (κ1) is 41.6. The standard InChI is InChI=1S/C66H50N4/c1-39(2)41-31-35-45(36-32-41)57-63-51-27-15-11-23-47(51)59(67-63)55(43-19-7-5-8-20-43)61-49-25-13-17-29-53(49)65(69-61)58(46-37-33-42(34-38-46)40(3)4)66-54-30-18-14-26-50(54)62(70-66)56(44-21-9-6-10-22-44)60-48-24-12-16-28-52(48)64(57)68-60/h5-40,67,70H,1-4H3. The van der Waals surface area contributed by atoms with E-state index in [0.717, 1.165) is 133 Å². The summed E-state index contributed by atoms with van der Waals surface area (Å²) < 4.78 is 0. The van der Waals surface area contributed by atoms with Crippen LogP contribution in [0, 0.1) is 0 Å². The molecular formula is C66H50N4. The molecule has 0 amide bonds. The quantitative estimate of drug-likeness (QED) is 0.175. The minimum Gasteiger partial charge on any atom is -0.353 e. The second kappa shape index (κ2) is 16.6. The van der Waals surface area contributed by atoms with E-state index in [9.17, 15) is 0 Å². The summed E-state index contributed by atoms with van der Waals surface area (Å²) in [6, 6.07) is 75.2. The molecule has 4 nitrogen and oxygen atoms in total. The van der Waals surface area contributed by atoms with E-state index in [0.29, 0.717) is 11.8 Å². The number of H-pyrrole nitrogens is 2. The predicted molar refractivity (Wildman–Crippen MR) is 295 cm³/mol. The Morgan fingerprint density at radius 3 is 0.786 bits per heavy atom. The Hall–Kier alpha value is -8.60. The molecule has 1 aliphatic carbocycles. The molecule has 8 bridgehead atoms. The third-order valence-corrected chi connectivity index (χ3v) is 14.6. The van der Waals surface area contributed by atoms with Gasteiger partial charge >= 0.3 is 0 Å². The van der Waals surface area contributed by atoms with E-state index in [2.05, 4.69) is 244 Å². The third-order valence-electron chi connectivity index (χ3n) is 14.6. The van der Waals surface area contributed by atoms with Crippen molar-refractivity contribution in [1.82, 2.24) is 19.9 Å². The van der Waals surface area contributed by atoms with Crippen LogP contribution >= 0.6 is 0 Å². The molecule has 2 aromatic heterocycles. The zero-order chi connectivity index (χ0) is 47.0. The molecule has 2 N–H and O–H groups in total. The van der Waals surface area contributed by atoms with Crippen LogP contribution in [0.3, 0.4) is 0 Å². The van der Waals surface area contributed by atoms with E-state index in [-0.39, 0.29) is 0 Å². The van der Waals surface area contributed by atoms with Crippen LogP contribution in [0.4, 0.5) is 0 Å². The van der Waals surface area contributed by atoms with Crippen LogP contribution in [-0.2, 0) is 0 Å². The van der Waals surface area contributed by atoms with Gasteiger partial charge in [-0.1, -0.05) is 234 Å². The van der Waals surface area contributed by atoms with Crippen molar-refractivity contribution in [2.75, 3.05) is 0 Å². The Labute approximate surface area is 408 Å². The first-order valence-corrected chi connectivity index (χ1v) is 24.6. The minimum atomic E-state index is 0.388. The molecule has 4 heteroatoms. The summed E-state index contributed by atoms with van der Waals surface area (Å²) in [6.07, 6.45) is 0. The van der Waals surface area contributed by atoms with E-state index < -0.39 is 0 Å². The second-order valence-electron chi connectivity index (χ2n) is 19.3. The van der Waals surface area contributed by atoms with Crippen molar-refractivity contribution >= 4 is 43.6 Å². The highest BCUT2D eigenvalue weighted by atomic mass is 14.8. The average Bonchev–Trinajstić information content (AvgIpc) is 4.18. The number of rotatable bonds is 6. The van der Waals surface area contributed by atoms with Gasteiger partial charge in [0.05, 0.1) is 44.8 Å². The molecular weight excluding hydrogens is 849 g/mol. The highest BCUT2D eigenvalue weighted by Crippen LogP contribution is 2.52. The average molecular weight is 899 g/mol. The SMILES string of the molecule is CC(C)c1ccc(-c2c3nc(c(-c4ccccc4)c4[nH]c(c(-c5ccc(C(C)C)cc5)c5nc(c(-c6ccccc6)c6[nH]c2c2ccccc62)-c2ccccc2-5)c2ccccc42)-c2ccccc2-3)cc1.